The molecule has 1 amide bonds. The van der Waals surface area contributed by atoms with Crippen LogP contribution in [0.4, 0.5) is 4.39 Å². The number of amides is 1. The van der Waals surface area contributed by atoms with E-state index in [9.17, 15) is 10.1 Å². The molecule has 10 nitrogen and oxygen atoms in total. The Kier molecular flexibility index (Phi) is 7.92. The zero-order valence-corrected chi connectivity index (χ0v) is 27.6. The summed E-state index contributed by atoms with van der Waals surface area (Å²) in [6, 6.07) is 15.9. The number of carbonyl (C=O) groups excluding carboxylic acids is 1. The van der Waals surface area contributed by atoms with Gasteiger partial charge in [-0.25, -0.2) is 0 Å². The van der Waals surface area contributed by atoms with Crippen molar-refractivity contribution >= 4 is 38.3 Å². The average molecular weight is 682 g/mol. The van der Waals surface area contributed by atoms with E-state index >= 15 is 4.39 Å². The van der Waals surface area contributed by atoms with Gasteiger partial charge in [-0.15, -0.1) is 0 Å². The Morgan fingerprint density at radius 2 is 1.98 bits per heavy atom. The van der Waals surface area contributed by atoms with E-state index in [2.05, 4.69) is 37.8 Å². The van der Waals surface area contributed by atoms with Crippen molar-refractivity contribution in [2.24, 2.45) is 5.41 Å². The molecule has 0 aliphatic carbocycles. The number of carbonyl (C=O) groups is 1. The maximum absolute atomic E-state index is 15.6. The number of para-hydroxylation sites is 1. The summed E-state index contributed by atoms with van der Waals surface area (Å²) in [5.41, 5.74) is 1.19. The normalized spacial score (nSPS) is 19.6. The van der Waals surface area contributed by atoms with Gasteiger partial charge in [0.1, 0.15) is 0 Å². The van der Waals surface area contributed by atoms with E-state index in [0.717, 1.165) is 39.1 Å². The molecular formula is C34H33AsFN7O3. The van der Waals surface area contributed by atoms with Crippen LogP contribution in [0.15, 0.2) is 66.5 Å². The van der Waals surface area contributed by atoms with E-state index in [4.69, 9.17) is 14.6 Å². The van der Waals surface area contributed by atoms with Crippen molar-refractivity contribution in [1.82, 2.24) is 29.5 Å². The van der Waals surface area contributed by atoms with Crippen molar-refractivity contribution in [2.45, 2.75) is 44.8 Å². The third-order valence-electron chi connectivity index (χ3n) is 9.24. The topological polar surface area (TPSA) is 109 Å². The molecule has 0 saturated carbocycles. The number of benzene rings is 2. The van der Waals surface area contributed by atoms with Crippen molar-refractivity contribution in [3.8, 4) is 28.8 Å². The van der Waals surface area contributed by atoms with Gasteiger partial charge in [0.25, 0.3) is 0 Å². The molecule has 2 radical (unpaired) electrons. The van der Waals surface area contributed by atoms with E-state index in [1.807, 2.05) is 32.0 Å². The molecule has 12 heteroatoms. The number of halogens is 1. The average Bonchev–Trinajstić information content (AvgIpc) is 3.60. The van der Waals surface area contributed by atoms with Crippen LogP contribution in [-0.4, -0.2) is 96.7 Å². The van der Waals surface area contributed by atoms with Gasteiger partial charge in [-0.1, -0.05) is 0 Å². The zero-order chi connectivity index (χ0) is 32.1. The molecule has 7 rings (SSSR count). The van der Waals surface area contributed by atoms with E-state index in [1.54, 1.807) is 39.9 Å². The molecule has 3 fully saturated rings. The van der Waals surface area contributed by atoms with Gasteiger partial charge < -0.3 is 4.74 Å². The summed E-state index contributed by atoms with van der Waals surface area (Å²) in [5.74, 6) is 0.213. The van der Waals surface area contributed by atoms with Crippen LogP contribution in [-0.2, 0) is 16.1 Å². The molecule has 2 aromatic heterocycles. The quantitative estimate of drug-likeness (QED) is 0.157. The predicted octanol–water partition coefficient (Wildman–Crippen LogP) is 3.77. The number of likely N-dealkylation sites (tertiary alicyclic amines) is 2. The first kappa shape index (κ1) is 30.5. The Bertz CT molecular complexity index is 1870. The first-order valence-corrected chi connectivity index (χ1v) is 16.3. The number of rotatable bonds is 8. The number of ether oxygens (including phenoxy) is 2. The Morgan fingerprint density at radius 3 is 2.67 bits per heavy atom. The molecule has 3 aliphatic rings. The number of nitrogens with zero attached hydrogens (tertiary/aromatic N) is 7. The number of aromatic nitrogens is 4. The molecule has 1 unspecified atom stereocenters. The molecule has 3 saturated heterocycles. The third-order valence-corrected chi connectivity index (χ3v) is 9.95. The van der Waals surface area contributed by atoms with Gasteiger partial charge in [0, 0.05) is 18.5 Å². The molecule has 2 aromatic carbocycles. The minimum Gasteiger partial charge on any atom is -0.380 e. The fourth-order valence-electron chi connectivity index (χ4n) is 6.66. The van der Waals surface area contributed by atoms with E-state index in [0.29, 0.717) is 51.4 Å². The third kappa shape index (κ3) is 5.59. The Morgan fingerprint density at radius 1 is 1.20 bits per heavy atom. The van der Waals surface area contributed by atoms with Crippen LogP contribution in [0.5, 0.6) is 11.5 Å². The fraction of sp³-hybridized carbons (Fsp3) is 0.382. The van der Waals surface area contributed by atoms with Crippen LogP contribution in [0.2, 0.25) is 0 Å². The molecule has 4 aromatic rings. The molecule has 1 spiro atoms. The van der Waals surface area contributed by atoms with Crippen molar-refractivity contribution in [3.63, 3.8) is 0 Å². The second kappa shape index (κ2) is 11.9. The fourth-order valence-corrected chi connectivity index (χ4v) is 7.20. The maximum atomic E-state index is 15.6. The summed E-state index contributed by atoms with van der Waals surface area (Å²) >= 11 is 2.40. The summed E-state index contributed by atoms with van der Waals surface area (Å²) in [7, 11) is 0. The molecule has 5 heterocycles. The van der Waals surface area contributed by atoms with Crippen molar-refractivity contribution in [3.05, 3.63) is 72.3 Å². The van der Waals surface area contributed by atoms with Gasteiger partial charge in [-0.2, -0.15) is 0 Å². The van der Waals surface area contributed by atoms with E-state index in [-0.39, 0.29) is 22.9 Å². The van der Waals surface area contributed by atoms with Crippen molar-refractivity contribution in [2.75, 3.05) is 32.8 Å². The Hall–Kier alpha value is -4.10. The van der Waals surface area contributed by atoms with Crippen LogP contribution < -0.4 is 9.22 Å². The molecular weight excluding hydrogens is 648 g/mol. The summed E-state index contributed by atoms with van der Waals surface area (Å²) in [4.78, 5) is 26.7. The summed E-state index contributed by atoms with van der Waals surface area (Å²) in [6.07, 6.45) is 4.82. The number of hydrogen-bond donors (Lipinski definition) is 0. The van der Waals surface area contributed by atoms with E-state index < -0.39 is 11.4 Å². The van der Waals surface area contributed by atoms with Crippen LogP contribution in [0.25, 0.3) is 22.3 Å². The second-order valence-electron chi connectivity index (χ2n) is 13.0. The SMILES string of the molecule is CC(C)(C=C(C#N)C(=O)N1CCCC1Cn1nc(-c2ccc(Oc3ccccc3)cc2F)c2c([As])ncnc21)N1CC2(COC2)C1. The number of nitriles is 1. The summed E-state index contributed by atoms with van der Waals surface area (Å²) < 4.78 is 29.2. The molecule has 0 bridgehead atoms. The molecule has 46 heavy (non-hydrogen) atoms. The van der Waals surface area contributed by atoms with Gasteiger partial charge in [0.15, 0.2) is 0 Å². The number of fused-ring (bicyclic) bond motifs is 1. The van der Waals surface area contributed by atoms with Crippen LogP contribution >= 0.6 is 0 Å². The minimum atomic E-state index is -0.488. The van der Waals surface area contributed by atoms with Crippen LogP contribution in [0.1, 0.15) is 26.7 Å². The van der Waals surface area contributed by atoms with E-state index in [1.165, 1.54) is 12.4 Å². The predicted molar refractivity (Wildman–Crippen MR) is 170 cm³/mol. The summed E-state index contributed by atoms with van der Waals surface area (Å²) in [6.45, 7) is 8.32. The van der Waals surface area contributed by atoms with Crippen LogP contribution in [0, 0.1) is 22.6 Å². The molecule has 234 valence electrons. The van der Waals surface area contributed by atoms with Gasteiger partial charge >= 0.3 is 240 Å². The van der Waals surface area contributed by atoms with Gasteiger partial charge in [-0.05, 0) is 0 Å². The van der Waals surface area contributed by atoms with Crippen molar-refractivity contribution in [1.29, 1.82) is 5.26 Å². The van der Waals surface area contributed by atoms with Gasteiger partial charge in [0.05, 0.1) is 13.2 Å². The molecule has 1 atom stereocenters. The Labute approximate surface area is 275 Å². The van der Waals surface area contributed by atoms with Gasteiger partial charge in [-0.3, -0.25) is 0 Å². The second-order valence-corrected chi connectivity index (χ2v) is 13.8. The molecule has 0 N–H and O–H groups in total. The first-order chi connectivity index (χ1) is 22.2. The smallest absolute Gasteiger partial charge is 0.380 e. The molecule has 3 aliphatic heterocycles. The van der Waals surface area contributed by atoms with Crippen molar-refractivity contribution < 1.29 is 18.7 Å². The summed E-state index contributed by atoms with van der Waals surface area (Å²) in [5, 5.41) is 15.5. The number of hydrogen-bond acceptors (Lipinski definition) is 8. The standard InChI is InChI=1S/C34H33AsFN7O3/c1-33(2,41-17-34(18-41)19-45-20-34)14-22(15-37)32(44)42-12-6-7-23(42)16-43-31-28(30(35)38-21-39-31)29(40-43)26-11-10-25(13-27(26)36)46-24-8-4-3-5-9-24/h3-5,8-11,13-14,21,23H,6-7,12,16-20H2,1-2H3. The monoisotopic (exact) mass is 681 g/mol. The van der Waals surface area contributed by atoms with Gasteiger partial charge in [0.2, 0.25) is 0 Å². The first-order valence-electron chi connectivity index (χ1n) is 15.4. The minimum absolute atomic E-state index is 0.143. The van der Waals surface area contributed by atoms with Crippen LogP contribution in [0.3, 0.4) is 0 Å². The zero-order valence-electron chi connectivity index (χ0n) is 25.7. The Balaban J connectivity index is 1.14.